The van der Waals surface area contributed by atoms with Crippen molar-refractivity contribution in [2.24, 2.45) is 11.8 Å². The van der Waals surface area contributed by atoms with E-state index >= 15 is 0 Å². The Bertz CT molecular complexity index is 570. The van der Waals surface area contributed by atoms with Crippen LogP contribution in [0, 0.1) is 11.8 Å². The van der Waals surface area contributed by atoms with Crippen molar-refractivity contribution < 1.29 is 19.5 Å². The van der Waals surface area contributed by atoms with Crippen molar-refractivity contribution in [2.75, 3.05) is 13.6 Å². The molecule has 0 heterocycles. The fourth-order valence-corrected chi connectivity index (χ4v) is 4.16. The Kier molecular flexibility index (Phi) is 12.8. The Morgan fingerprint density at radius 2 is 1.73 bits per heavy atom. The molecule has 1 rings (SSSR count). The number of carboxylic acids is 1. The summed E-state index contributed by atoms with van der Waals surface area (Å²) in [5, 5.41) is 12.1. The number of likely N-dealkylation sites (N-methyl/N-ethyl adjacent to an activating group) is 1. The smallest absolute Gasteiger partial charge is 0.304 e. The summed E-state index contributed by atoms with van der Waals surface area (Å²) in [6, 6.07) is -0.593. The zero-order chi connectivity index (χ0) is 22.4. The van der Waals surface area contributed by atoms with Crippen molar-refractivity contribution >= 4 is 17.8 Å². The molecule has 6 nitrogen and oxygen atoms in total. The van der Waals surface area contributed by atoms with E-state index in [1.165, 1.54) is 6.42 Å². The molecule has 2 N–H and O–H groups in total. The van der Waals surface area contributed by atoms with Gasteiger partial charge >= 0.3 is 5.97 Å². The van der Waals surface area contributed by atoms with Gasteiger partial charge in [0.1, 0.15) is 6.04 Å². The molecule has 2 amide bonds. The third-order valence-electron chi connectivity index (χ3n) is 5.94. The molecule has 2 atom stereocenters. The molecule has 1 aliphatic carbocycles. The lowest BCUT2D eigenvalue weighted by atomic mass is 9.84. The van der Waals surface area contributed by atoms with Gasteiger partial charge in [0.2, 0.25) is 11.8 Å². The highest BCUT2D eigenvalue weighted by atomic mass is 16.4. The molecule has 30 heavy (non-hydrogen) atoms. The maximum Gasteiger partial charge on any atom is 0.304 e. The normalized spacial score (nSPS) is 16.3. The number of rotatable bonds is 15. The van der Waals surface area contributed by atoms with Gasteiger partial charge in [0.05, 0.1) is 6.42 Å². The van der Waals surface area contributed by atoms with Gasteiger partial charge < -0.3 is 15.3 Å². The lowest BCUT2D eigenvalue weighted by Crippen LogP contribution is -2.50. The number of carboxylic acid groups (broad SMARTS) is 1. The Hall–Kier alpha value is -2.11. The molecule has 0 aromatic carbocycles. The van der Waals surface area contributed by atoms with Crippen LogP contribution in [0.25, 0.3) is 0 Å². The quantitative estimate of drug-likeness (QED) is 0.305. The van der Waals surface area contributed by atoms with Gasteiger partial charge in [-0.3, -0.25) is 14.4 Å². The maximum atomic E-state index is 13.1. The Morgan fingerprint density at radius 1 is 1.10 bits per heavy atom. The molecular weight excluding hydrogens is 380 g/mol. The van der Waals surface area contributed by atoms with Gasteiger partial charge in [0.15, 0.2) is 0 Å². The van der Waals surface area contributed by atoms with E-state index in [4.69, 9.17) is 0 Å². The third kappa shape index (κ3) is 10.1. The number of amides is 2. The summed E-state index contributed by atoms with van der Waals surface area (Å²) in [6.45, 7) is 8.00. The van der Waals surface area contributed by atoms with Crippen LogP contribution in [0.4, 0.5) is 0 Å². The fourth-order valence-electron chi connectivity index (χ4n) is 4.16. The van der Waals surface area contributed by atoms with Crippen LogP contribution in [0.1, 0.15) is 77.0 Å². The minimum absolute atomic E-state index is 0.0850. The van der Waals surface area contributed by atoms with E-state index in [1.54, 1.807) is 18.0 Å². The number of unbranched alkanes of at least 4 members (excludes halogenated alkanes) is 2. The largest absolute Gasteiger partial charge is 0.481 e. The van der Waals surface area contributed by atoms with Gasteiger partial charge in [-0.2, -0.15) is 0 Å². The number of hydrogen-bond acceptors (Lipinski definition) is 3. The molecule has 0 bridgehead atoms. The van der Waals surface area contributed by atoms with E-state index in [1.807, 2.05) is 6.08 Å². The lowest BCUT2D eigenvalue weighted by Gasteiger charge is -2.30. The van der Waals surface area contributed by atoms with Crippen molar-refractivity contribution in [3.8, 4) is 0 Å². The second kappa shape index (κ2) is 14.8. The van der Waals surface area contributed by atoms with E-state index in [9.17, 15) is 19.5 Å². The monoisotopic (exact) mass is 420 g/mol. The maximum absolute atomic E-state index is 13.1. The first kappa shape index (κ1) is 25.9. The number of nitrogens with one attached hydrogen (secondary N) is 1. The first-order valence-electron chi connectivity index (χ1n) is 11.4. The highest BCUT2D eigenvalue weighted by Gasteiger charge is 2.30. The molecule has 0 aliphatic heterocycles. The van der Waals surface area contributed by atoms with Crippen LogP contribution in [-0.2, 0) is 14.4 Å². The van der Waals surface area contributed by atoms with E-state index < -0.39 is 17.9 Å². The summed E-state index contributed by atoms with van der Waals surface area (Å²) in [7, 11) is 1.77. The van der Waals surface area contributed by atoms with Gasteiger partial charge in [0.25, 0.3) is 0 Å². The second-order valence-electron chi connectivity index (χ2n) is 8.51. The molecule has 0 saturated heterocycles. The highest BCUT2D eigenvalue weighted by molar-refractivity contribution is 5.89. The standard InChI is InChI=1S/C24H40N2O4/c1-4-6-9-15-20(18-22(27)28)23(29)25-21(17-19-13-10-8-11-14-19)24(30)26(3)16-12-7-5-2/h4-5,19-21H,1-2,6-18H2,3H3,(H,25,29)(H,27,28)/t20?,21-/m0/s1. The molecule has 1 fully saturated rings. The highest BCUT2D eigenvalue weighted by Crippen LogP contribution is 2.28. The van der Waals surface area contributed by atoms with Crippen LogP contribution in [0.5, 0.6) is 0 Å². The van der Waals surface area contributed by atoms with Gasteiger partial charge in [0, 0.05) is 19.5 Å². The predicted molar refractivity (Wildman–Crippen MR) is 120 cm³/mol. The molecular formula is C24H40N2O4. The van der Waals surface area contributed by atoms with E-state index in [0.717, 1.165) is 44.9 Å². The molecule has 0 radical (unpaired) electrons. The average Bonchev–Trinajstić information content (AvgIpc) is 2.72. The van der Waals surface area contributed by atoms with Crippen molar-refractivity contribution in [3.05, 3.63) is 25.3 Å². The fraction of sp³-hybridized carbons (Fsp3) is 0.708. The molecule has 1 unspecified atom stereocenters. The van der Waals surface area contributed by atoms with Crippen molar-refractivity contribution in [2.45, 2.75) is 83.1 Å². The van der Waals surface area contributed by atoms with Crippen LogP contribution >= 0.6 is 0 Å². The number of carbonyl (C=O) groups excluding carboxylic acids is 2. The van der Waals surface area contributed by atoms with E-state index in [0.29, 0.717) is 31.7 Å². The molecule has 0 aromatic rings. The van der Waals surface area contributed by atoms with Crippen LogP contribution < -0.4 is 5.32 Å². The van der Waals surface area contributed by atoms with Crippen LogP contribution in [-0.4, -0.2) is 47.4 Å². The predicted octanol–water partition coefficient (Wildman–Crippen LogP) is 4.31. The topological polar surface area (TPSA) is 86.7 Å². The van der Waals surface area contributed by atoms with Crippen molar-refractivity contribution in [1.29, 1.82) is 0 Å². The summed E-state index contributed by atoms with van der Waals surface area (Å²) in [4.78, 5) is 39.0. The number of aliphatic carboxylic acids is 1. The number of hydrogen-bond donors (Lipinski definition) is 2. The van der Waals surface area contributed by atoms with Crippen LogP contribution in [0.15, 0.2) is 25.3 Å². The average molecular weight is 421 g/mol. The molecule has 6 heteroatoms. The van der Waals surface area contributed by atoms with Gasteiger partial charge in [-0.1, -0.05) is 44.3 Å². The Labute approximate surface area is 181 Å². The second-order valence-corrected chi connectivity index (χ2v) is 8.51. The SMILES string of the molecule is C=CCCCC(CC(=O)O)C(=O)N[C@@H](CC1CCCCC1)C(=O)N(C)CCCC=C. The number of nitrogens with zero attached hydrogens (tertiary/aromatic N) is 1. The number of carbonyl (C=O) groups is 3. The summed E-state index contributed by atoms with van der Waals surface area (Å²) >= 11 is 0. The molecule has 0 spiro atoms. The minimum Gasteiger partial charge on any atom is -0.481 e. The van der Waals surface area contributed by atoms with Gasteiger partial charge in [-0.25, -0.2) is 0 Å². The number of allylic oxidation sites excluding steroid dienone is 2. The summed E-state index contributed by atoms with van der Waals surface area (Å²) in [5.41, 5.74) is 0. The molecule has 170 valence electrons. The van der Waals surface area contributed by atoms with Crippen LogP contribution in [0.3, 0.4) is 0 Å². The molecule has 1 aliphatic rings. The summed E-state index contributed by atoms with van der Waals surface area (Å²) in [6.07, 6.45) is 13.3. The first-order valence-corrected chi connectivity index (χ1v) is 11.4. The van der Waals surface area contributed by atoms with Crippen molar-refractivity contribution in [1.82, 2.24) is 10.2 Å². The zero-order valence-corrected chi connectivity index (χ0v) is 18.6. The van der Waals surface area contributed by atoms with Gasteiger partial charge in [-0.05, 0) is 44.4 Å². The van der Waals surface area contributed by atoms with Gasteiger partial charge in [-0.15, -0.1) is 13.2 Å². The van der Waals surface area contributed by atoms with E-state index in [-0.39, 0.29) is 18.2 Å². The zero-order valence-electron chi connectivity index (χ0n) is 18.6. The Morgan fingerprint density at radius 3 is 2.33 bits per heavy atom. The third-order valence-corrected chi connectivity index (χ3v) is 5.94. The molecule has 1 saturated carbocycles. The Balaban J connectivity index is 2.84. The van der Waals surface area contributed by atoms with Crippen LogP contribution in [0.2, 0.25) is 0 Å². The molecule has 0 aromatic heterocycles. The summed E-state index contributed by atoms with van der Waals surface area (Å²) < 4.78 is 0. The van der Waals surface area contributed by atoms with Crippen molar-refractivity contribution in [3.63, 3.8) is 0 Å². The lowest BCUT2D eigenvalue weighted by molar-refractivity contribution is -0.142. The van der Waals surface area contributed by atoms with E-state index in [2.05, 4.69) is 18.5 Å². The first-order chi connectivity index (χ1) is 14.4. The summed E-state index contributed by atoms with van der Waals surface area (Å²) in [5.74, 6) is -1.61. The minimum atomic E-state index is -0.995.